The first-order valence-electron chi connectivity index (χ1n) is 3.19. The van der Waals surface area contributed by atoms with Crippen molar-refractivity contribution in [2.45, 2.75) is 0 Å². The number of allylic oxidation sites excluding steroid dienone is 3. The van der Waals surface area contributed by atoms with Crippen molar-refractivity contribution < 1.29 is 9.59 Å². The van der Waals surface area contributed by atoms with E-state index in [0.717, 1.165) is 11.8 Å². The molecule has 0 aliphatic carbocycles. The maximum absolute atomic E-state index is 10.9. The highest BCUT2D eigenvalue weighted by molar-refractivity contribution is 8.18. The molecule has 62 valence electrons. The fourth-order valence-corrected chi connectivity index (χ4v) is 1.35. The van der Waals surface area contributed by atoms with Gasteiger partial charge in [0.15, 0.2) is 0 Å². The predicted octanol–water partition coefficient (Wildman–Crippen LogP) is 1.60. The van der Waals surface area contributed by atoms with Crippen LogP contribution in [0.3, 0.4) is 0 Å². The Morgan fingerprint density at radius 3 is 2.58 bits per heavy atom. The molecule has 1 aliphatic rings. The maximum Gasteiger partial charge on any atom is 0.290 e. The van der Waals surface area contributed by atoms with Crippen LogP contribution in [0.4, 0.5) is 4.79 Å². The Kier molecular flexibility index (Phi) is 2.50. The van der Waals surface area contributed by atoms with Crippen molar-refractivity contribution in [2.75, 3.05) is 0 Å². The third-order valence-corrected chi connectivity index (χ3v) is 2.03. The van der Waals surface area contributed by atoms with Crippen molar-refractivity contribution in [3.05, 3.63) is 35.8 Å². The summed E-state index contributed by atoms with van der Waals surface area (Å²) in [6.45, 7) is 7.07. The van der Waals surface area contributed by atoms with Crippen LogP contribution < -0.4 is 5.32 Å². The molecule has 0 aromatic rings. The van der Waals surface area contributed by atoms with E-state index in [0.29, 0.717) is 10.5 Å². The largest absolute Gasteiger partial charge is 0.290 e. The molecule has 0 spiro atoms. The fraction of sp³-hybridized carbons (Fsp3) is 0. The molecule has 0 bridgehead atoms. The second-order valence-corrected chi connectivity index (χ2v) is 3.15. The Morgan fingerprint density at radius 1 is 1.50 bits per heavy atom. The highest BCUT2D eigenvalue weighted by atomic mass is 32.2. The van der Waals surface area contributed by atoms with Gasteiger partial charge in [-0.15, -0.1) is 0 Å². The van der Waals surface area contributed by atoms with Crippen molar-refractivity contribution in [2.24, 2.45) is 0 Å². The normalized spacial score (nSPS) is 19.5. The number of hydrogen-bond donors (Lipinski definition) is 1. The van der Waals surface area contributed by atoms with Crippen molar-refractivity contribution >= 4 is 22.9 Å². The van der Waals surface area contributed by atoms with E-state index in [9.17, 15) is 9.59 Å². The summed E-state index contributed by atoms with van der Waals surface area (Å²) in [4.78, 5) is 22.0. The Balaban J connectivity index is 2.83. The fourth-order valence-electron chi connectivity index (χ4n) is 0.648. The van der Waals surface area contributed by atoms with E-state index in [4.69, 9.17) is 0 Å². The average molecular weight is 181 g/mol. The summed E-state index contributed by atoms with van der Waals surface area (Å²) in [5, 5.41) is 1.79. The van der Waals surface area contributed by atoms with E-state index >= 15 is 0 Å². The van der Waals surface area contributed by atoms with E-state index in [2.05, 4.69) is 18.5 Å². The third-order valence-electron chi connectivity index (χ3n) is 1.22. The van der Waals surface area contributed by atoms with Crippen molar-refractivity contribution in [3.8, 4) is 0 Å². The van der Waals surface area contributed by atoms with Crippen LogP contribution >= 0.6 is 11.8 Å². The molecular weight excluding hydrogens is 174 g/mol. The van der Waals surface area contributed by atoms with Crippen LogP contribution in [0.5, 0.6) is 0 Å². The van der Waals surface area contributed by atoms with Crippen LogP contribution in [-0.2, 0) is 4.79 Å². The lowest BCUT2D eigenvalue weighted by Crippen LogP contribution is -2.17. The van der Waals surface area contributed by atoms with E-state index in [1.54, 1.807) is 0 Å². The minimum absolute atomic E-state index is 0.344. The van der Waals surface area contributed by atoms with Gasteiger partial charge >= 0.3 is 0 Å². The Labute approximate surface area is 74.2 Å². The van der Waals surface area contributed by atoms with Crippen molar-refractivity contribution in [1.82, 2.24) is 5.32 Å². The summed E-state index contributed by atoms with van der Waals surface area (Å²) in [6, 6.07) is 0. The van der Waals surface area contributed by atoms with Crippen LogP contribution in [0.2, 0.25) is 0 Å². The molecule has 3 nitrogen and oxygen atoms in total. The second kappa shape index (κ2) is 3.40. The number of amides is 2. The number of nitrogens with one attached hydrogen (secondary N) is 1. The van der Waals surface area contributed by atoms with Gasteiger partial charge in [-0.2, -0.15) is 0 Å². The van der Waals surface area contributed by atoms with E-state index in [1.807, 2.05) is 0 Å². The Bertz CT molecular complexity index is 304. The molecule has 0 aromatic heterocycles. The molecule has 0 unspecified atom stereocenters. The van der Waals surface area contributed by atoms with E-state index < -0.39 is 0 Å². The second-order valence-electron chi connectivity index (χ2n) is 2.13. The van der Waals surface area contributed by atoms with Gasteiger partial charge in [0.1, 0.15) is 0 Å². The lowest BCUT2D eigenvalue weighted by Gasteiger charge is -1.89. The zero-order valence-electron chi connectivity index (χ0n) is 6.29. The standard InChI is InChI=1S/C8H7NO2S/c1-3-5(2)4-6-7(10)9-8(11)12-6/h3-4H,1-2H2,(H,9,10,11)/b6-4-. The van der Waals surface area contributed by atoms with Gasteiger partial charge in [0.05, 0.1) is 4.91 Å². The van der Waals surface area contributed by atoms with Crippen LogP contribution in [0.25, 0.3) is 0 Å². The molecule has 0 radical (unpaired) electrons. The predicted molar refractivity (Wildman–Crippen MR) is 48.5 cm³/mol. The molecule has 4 heteroatoms. The van der Waals surface area contributed by atoms with Gasteiger partial charge in [0, 0.05) is 0 Å². The van der Waals surface area contributed by atoms with Gasteiger partial charge in [0.25, 0.3) is 11.1 Å². The molecule has 0 atom stereocenters. The molecule has 1 aliphatic heterocycles. The van der Waals surface area contributed by atoms with Crippen LogP contribution in [0.15, 0.2) is 35.8 Å². The quantitative estimate of drug-likeness (QED) is 0.520. The van der Waals surface area contributed by atoms with Gasteiger partial charge in [-0.25, -0.2) is 0 Å². The summed E-state index contributed by atoms with van der Waals surface area (Å²) in [7, 11) is 0. The summed E-state index contributed by atoms with van der Waals surface area (Å²) in [5.74, 6) is -0.368. The van der Waals surface area contributed by atoms with E-state index in [1.165, 1.54) is 12.2 Å². The van der Waals surface area contributed by atoms with Gasteiger partial charge < -0.3 is 0 Å². The average Bonchev–Trinajstić information content (AvgIpc) is 2.30. The highest BCUT2D eigenvalue weighted by Crippen LogP contribution is 2.23. The Hall–Kier alpha value is -1.29. The number of imide groups is 1. The SMILES string of the molecule is C=CC(=C)/C=C1\SC(=O)NC1=O. The number of carbonyl (C=O) groups excluding carboxylic acids is 2. The lowest BCUT2D eigenvalue weighted by molar-refractivity contribution is -0.115. The van der Waals surface area contributed by atoms with Gasteiger partial charge in [-0.1, -0.05) is 19.2 Å². The molecular formula is C8H7NO2S. The van der Waals surface area contributed by atoms with Crippen molar-refractivity contribution in [1.29, 1.82) is 0 Å². The molecule has 1 heterocycles. The minimum Gasteiger partial charge on any atom is -0.282 e. The first-order chi connectivity index (χ1) is 5.63. The summed E-state index contributed by atoms with van der Waals surface area (Å²) in [6.07, 6.45) is 3.04. The Morgan fingerprint density at radius 2 is 2.17 bits per heavy atom. The third kappa shape index (κ3) is 1.85. The molecule has 0 aromatic carbocycles. The van der Waals surface area contributed by atoms with Gasteiger partial charge in [0.2, 0.25) is 0 Å². The number of carbonyl (C=O) groups is 2. The van der Waals surface area contributed by atoms with Gasteiger partial charge in [-0.3, -0.25) is 14.9 Å². The first kappa shape index (κ1) is 8.80. The molecule has 0 saturated carbocycles. The molecule has 1 saturated heterocycles. The van der Waals surface area contributed by atoms with Gasteiger partial charge in [-0.05, 0) is 23.4 Å². The lowest BCUT2D eigenvalue weighted by atomic mass is 10.3. The monoisotopic (exact) mass is 181 g/mol. The van der Waals surface area contributed by atoms with E-state index in [-0.39, 0.29) is 11.1 Å². The molecule has 1 fully saturated rings. The summed E-state index contributed by atoms with van der Waals surface area (Å²) >= 11 is 0.870. The molecule has 1 rings (SSSR count). The highest BCUT2D eigenvalue weighted by Gasteiger charge is 2.24. The zero-order valence-corrected chi connectivity index (χ0v) is 7.11. The molecule has 12 heavy (non-hydrogen) atoms. The maximum atomic E-state index is 10.9. The van der Waals surface area contributed by atoms with Crippen LogP contribution in [0, 0.1) is 0 Å². The topological polar surface area (TPSA) is 46.2 Å². The van der Waals surface area contributed by atoms with Crippen molar-refractivity contribution in [3.63, 3.8) is 0 Å². The minimum atomic E-state index is -0.368. The number of hydrogen-bond acceptors (Lipinski definition) is 3. The van der Waals surface area contributed by atoms with Crippen LogP contribution in [0.1, 0.15) is 0 Å². The first-order valence-corrected chi connectivity index (χ1v) is 4.01. The van der Waals surface area contributed by atoms with Crippen LogP contribution in [-0.4, -0.2) is 11.1 Å². The zero-order chi connectivity index (χ0) is 9.14. The smallest absolute Gasteiger partial charge is 0.282 e. The molecule has 2 amide bonds. The number of rotatable bonds is 2. The number of thioether (sulfide) groups is 1. The summed E-state index contributed by atoms with van der Waals surface area (Å²) < 4.78 is 0. The molecule has 1 N–H and O–H groups in total. The summed E-state index contributed by atoms with van der Waals surface area (Å²) in [5.41, 5.74) is 0.613.